The van der Waals surface area contributed by atoms with E-state index < -0.39 is 10.8 Å². The molecule has 94 heavy (non-hydrogen) atoms. The van der Waals surface area contributed by atoms with Crippen molar-refractivity contribution in [2.45, 2.75) is 182 Å². The van der Waals surface area contributed by atoms with E-state index in [1.807, 2.05) is 62.3 Å². The minimum Gasteiger partial charge on any atom is -0.379 e. The van der Waals surface area contributed by atoms with E-state index in [4.69, 9.17) is 76.1 Å². The molecule has 0 aromatic rings. The fraction of sp³-hybridized carbons (Fsp3) is 0.789. The monoisotopic (exact) mass is 1340 g/mol. The van der Waals surface area contributed by atoms with Gasteiger partial charge in [-0.25, -0.2) is 0 Å². The summed E-state index contributed by atoms with van der Waals surface area (Å²) < 4.78 is 63.8. The largest absolute Gasteiger partial charge is 0.379 e. The third-order valence-corrected chi connectivity index (χ3v) is 11.9. The van der Waals surface area contributed by atoms with Gasteiger partial charge in [-0.15, -0.1) is 37.0 Å². The summed E-state index contributed by atoms with van der Waals surface area (Å²) in [6.45, 7) is 24.5. The molecule has 0 unspecified atom stereocenters. The summed E-state index contributed by atoms with van der Waals surface area (Å²) in [4.78, 5) is 104. The minimum absolute atomic E-state index is 0. The summed E-state index contributed by atoms with van der Waals surface area (Å²) in [5.41, 5.74) is -1.16. The lowest BCUT2D eigenvalue weighted by Gasteiger charge is -2.16. The second-order valence-electron chi connectivity index (χ2n) is 23.4. The minimum atomic E-state index is -0.407. The number of nitrogens with one attached hydrogen (secondary N) is 2. The van der Waals surface area contributed by atoms with E-state index in [0.717, 1.165) is 0 Å². The third-order valence-electron chi connectivity index (χ3n) is 11.9. The maximum Gasteiger partial charge on any atom is 0.246 e. The topological polar surface area (TPSA) is 288 Å². The SMILES string of the molecule is C.C.C.C.C#CCCC(=O)CCCOCCOCC(=O)C(C)(C)C.C#CCCC(=O)CCCOCCOCC(=O)NCCOCCOCC(=O)CCCOCCOCC(=O)C(C)(C)C.C#CCCC(=O)NCCOCCOCC(=O)CCCOCCOCC(=O)C(C)(C)C. The Bertz CT molecular complexity index is 2060. The van der Waals surface area contributed by atoms with Crippen LogP contribution in [0, 0.1) is 53.3 Å². The Morgan fingerprint density at radius 3 is 0.798 bits per heavy atom. The summed E-state index contributed by atoms with van der Waals surface area (Å²) in [7, 11) is 0. The highest BCUT2D eigenvalue weighted by Crippen LogP contribution is 2.16. The van der Waals surface area contributed by atoms with Gasteiger partial charge in [-0.05, 0) is 25.7 Å². The molecule has 0 aliphatic carbocycles. The number of Topliss-reactive ketones (excluding diaryl/α,β-unsaturated/α-hetero) is 7. The molecular formula is C71H128N2O21. The standard InChI is InChI=1S/C29H49NO10.C22H37NO7.C16H26O4.4CH4/c1-5-6-9-25(31)10-7-13-35-17-21-40-24-28(34)30-12-15-37-18-19-38-22-26(32)11-8-14-36-16-20-39-23-27(33)29(2,3)4;1-5-6-9-21(26)23-10-12-28-14-15-29-17-19(24)8-7-11-27-13-16-30-18-20(25)22(2,3)4;1-5-6-8-14(17)9-7-10-19-11-12-20-13-15(18)16(2,3)4;;;;/h1H,6-24H2,2-4H3,(H,30,34);1H,6-18H2,2-4H3,(H,23,26);1H,6-13H2,2-4H3;4*1H4. The van der Waals surface area contributed by atoms with Gasteiger partial charge in [0.05, 0.1) is 92.5 Å². The highest BCUT2D eigenvalue weighted by molar-refractivity contribution is 5.86. The lowest BCUT2D eigenvalue weighted by atomic mass is 9.91. The molecule has 0 aliphatic heterocycles. The van der Waals surface area contributed by atoms with Gasteiger partial charge in [-0.1, -0.05) is 92.0 Å². The number of hydrogen-bond acceptors (Lipinski definition) is 21. The summed E-state index contributed by atoms with van der Waals surface area (Å²) in [5.74, 6) is 7.45. The van der Waals surface area contributed by atoms with Crippen LogP contribution < -0.4 is 10.6 Å². The quantitative estimate of drug-likeness (QED) is 0.0426. The first-order chi connectivity index (χ1) is 42.8. The molecule has 0 aromatic carbocycles. The van der Waals surface area contributed by atoms with Crippen molar-refractivity contribution in [2.75, 3.05) is 172 Å². The maximum absolute atomic E-state index is 11.8. The fourth-order valence-electron chi connectivity index (χ4n) is 6.15. The number of carbonyl (C=O) groups is 9. The van der Waals surface area contributed by atoms with Gasteiger partial charge in [-0.3, -0.25) is 43.2 Å². The summed E-state index contributed by atoms with van der Waals surface area (Å²) in [5, 5.41) is 5.37. The molecule has 23 heteroatoms. The van der Waals surface area contributed by atoms with Crippen molar-refractivity contribution in [1.29, 1.82) is 0 Å². The smallest absolute Gasteiger partial charge is 0.246 e. The molecule has 2 N–H and O–H groups in total. The number of ether oxygens (including phenoxy) is 12. The summed E-state index contributed by atoms with van der Waals surface area (Å²) in [6, 6.07) is 0. The van der Waals surface area contributed by atoms with Crippen molar-refractivity contribution in [3.8, 4) is 37.0 Å². The summed E-state index contributed by atoms with van der Waals surface area (Å²) >= 11 is 0. The van der Waals surface area contributed by atoms with Gasteiger partial charge in [0.15, 0.2) is 28.9 Å². The Morgan fingerprint density at radius 1 is 0.277 bits per heavy atom. The van der Waals surface area contributed by atoms with Crippen molar-refractivity contribution < 1.29 is 100.0 Å². The van der Waals surface area contributed by atoms with E-state index in [0.29, 0.717) is 209 Å². The van der Waals surface area contributed by atoms with Gasteiger partial charge < -0.3 is 67.5 Å². The van der Waals surface area contributed by atoms with Gasteiger partial charge in [0.25, 0.3) is 0 Å². The van der Waals surface area contributed by atoms with Crippen LogP contribution in [0.1, 0.15) is 182 Å². The molecule has 0 saturated carbocycles. The molecule has 0 aromatic heterocycles. The Kier molecular flexibility index (Phi) is 76.9. The van der Waals surface area contributed by atoms with Gasteiger partial charge in [0, 0.05) is 120 Å². The number of amides is 2. The van der Waals surface area contributed by atoms with Crippen LogP contribution in [0.25, 0.3) is 0 Å². The van der Waals surface area contributed by atoms with E-state index in [2.05, 4.69) is 28.4 Å². The molecule has 2 amide bonds. The average molecular weight is 1350 g/mol. The zero-order valence-corrected chi connectivity index (χ0v) is 56.1. The molecule has 0 radical (unpaired) electrons. The molecular weight excluding hydrogens is 1220 g/mol. The highest BCUT2D eigenvalue weighted by atomic mass is 16.5. The fourth-order valence-corrected chi connectivity index (χ4v) is 6.15. The first kappa shape index (κ1) is 102. The van der Waals surface area contributed by atoms with E-state index >= 15 is 0 Å². The van der Waals surface area contributed by atoms with Crippen LogP contribution in [0.3, 0.4) is 0 Å². The molecule has 548 valence electrons. The van der Waals surface area contributed by atoms with Crippen LogP contribution in [-0.2, 0) is 100.0 Å². The van der Waals surface area contributed by atoms with E-state index in [1.165, 1.54) is 0 Å². The predicted molar refractivity (Wildman–Crippen MR) is 367 cm³/mol. The number of hydrogen-bond donors (Lipinski definition) is 2. The Labute approximate surface area is 567 Å². The van der Waals surface area contributed by atoms with Crippen molar-refractivity contribution >= 4 is 52.3 Å². The lowest BCUT2D eigenvalue weighted by Crippen LogP contribution is -2.31. The predicted octanol–water partition coefficient (Wildman–Crippen LogP) is 8.42. The molecule has 0 saturated heterocycles. The van der Waals surface area contributed by atoms with Gasteiger partial charge in [0.1, 0.15) is 51.2 Å². The molecule has 0 rings (SSSR count). The van der Waals surface area contributed by atoms with Crippen LogP contribution in [-0.4, -0.2) is 224 Å². The third kappa shape index (κ3) is 77.5. The zero-order valence-electron chi connectivity index (χ0n) is 56.1. The van der Waals surface area contributed by atoms with E-state index in [-0.39, 0.29) is 140 Å². The first-order valence-electron chi connectivity index (χ1n) is 31.2. The Morgan fingerprint density at radius 2 is 0.511 bits per heavy atom. The number of carbonyl (C=O) groups excluding carboxylic acids is 9. The normalized spacial score (nSPS) is 10.7. The van der Waals surface area contributed by atoms with Gasteiger partial charge >= 0.3 is 0 Å². The lowest BCUT2D eigenvalue weighted by molar-refractivity contribution is -0.132. The first-order valence-corrected chi connectivity index (χ1v) is 31.2. The average Bonchev–Trinajstić information content (AvgIpc) is 2.68. The Balaban J connectivity index is -0.000000249. The van der Waals surface area contributed by atoms with Crippen LogP contribution in [0.15, 0.2) is 0 Å². The van der Waals surface area contributed by atoms with Crippen molar-refractivity contribution in [3.63, 3.8) is 0 Å². The van der Waals surface area contributed by atoms with E-state index in [9.17, 15) is 43.2 Å². The number of ketones is 7. The zero-order chi connectivity index (χ0) is 68.0. The van der Waals surface area contributed by atoms with Crippen LogP contribution in [0.5, 0.6) is 0 Å². The maximum atomic E-state index is 11.8. The molecule has 0 fully saturated rings. The van der Waals surface area contributed by atoms with E-state index in [1.54, 1.807) is 0 Å². The molecule has 0 heterocycles. The molecule has 0 aliphatic rings. The number of terminal acetylenes is 3. The second-order valence-corrected chi connectivity index (χ2v) is 23.4. The number of rotatable bonds is 58. The molecule has 0 atom stereocenters. The molecule has 0 bridgehead atoms. The van der Waals surface area contributed by atoms with Crippen molar-refractivity contribution in [2.24, 2.45) is 16.2 Å². The molecule has 23 nitrogen and oxygen atoms in total. The Hall–Kier alpha value is -5.17. The van der Waals surface area contributed by atoms with Crippen LogP contribution >= 0.6 is 0 Å². The van der Waals surface area contributed by atoms with Crippen molar-refractivity contribution in [3.05, 3.63) is 0 Å². The van der Waals surface area contributed by atoms with Crippen LogP contribution in [0.4, 0.5) is 0 Å². The van der Waals surface area contributed by atoms with Gasteiger partial charge in [-0.2, -0.15) is 0 Å². The highest BCUT2D eigenvalue weighted by Gasteiger charge is 2.22. The second kappa shape index (κ2) is 70.6. The van der Waals surface area contributed by atoms with Gasteiger partial charge in [0.2, 0.25) is 11.8 Å². The summed E-state index contributed by atoms with van der Waals surface area (Å²) in [6.07, 6.45) is 22.1. The molecule has 0 spiro atoms. The van der Waals surface area contributed by atoms with Crippen LogP contribution in [0.2, 0.25) is 0 Å². The van der Waals surface area contributed by atoms with Crippen molar-refractivity contribution in [1.82, 2.24) is 10.6 Å².